The maximum Gasteiger partial charge on any atom is 0.255 e. The van der Waals surface area contributed by atoms with Crippen LogP contribution in [0.15, 0.2) is 4.99 Å². The number of hydrogen-bond donors (Lipinski definition) is 1. The van der Waals surface area contributed by atoms with Crippen molar-refractivity contribution in [3.05, 3.63) is 0 Å². The summed E-state index contributed by atoms with van der Waals surface area (Å²) in [6.45, 7) is 4.65. The number of hydrogen-bond acceptors (Lipinski definition) is 3. The molecule has 0 saturated heterocycles. The van der Waals surface area contributed by atoms with Crippen LogP contribution in [0.5, 0.6) is 0 Å². The van der Waals surface area contributed by atoms with Gasteiger partial charge in [-0.15, -0.1) is 0 Å². The molecule has 0 aromatic heterocycles. The Morgan fingerprint density at radius 3 is 2.77 bits per heavy atom. The van der Waals surface area contributed by atoms with Crippen LogP contribution in [0.25, 0.3) is 0 Å². The summed E-state index contributed by atoms with van der Waals surface area (Å²) in [7, 11) is 0. The van der Waals surface area contributed by atoms with Crippen molar-refractivity contribution in [3.8, 4) is 0 Å². The maximum absolute atomic E-state index is 11.8. The van der Waals surface area contributed by atoms with E-state index in [1.165, 1.54) is 11.8 Å². The molecule has 0 spiro atoms. The van der Waals surface area contributed by atoms with Crippen molar-refractivity contribution in [2.45, 2.75) is 20.3 Å². The molecule has 76 valence electrons. The highest BCUT2D eigenvalue weighted by Gasteiger charge is 2.23. The molecule has 0 aliphatic carbocycles. The van der Waals surface area contributed by atoms with Gasteiger partial charge in [0.15, 0.2) is 5.17 Å². The molecule has 0 radical (unpaired) electrons. The molecule has 0 bridgehead atoms. The van der Waals surface area contributed by atoms with Crippen LogP contribution in [-0.4, -0.2) is 30.4 Å². The first-order valence-corrected chi connectivity index (χ1v) is 5.17. The number of amidine groups is 1. The number of halogens is 2. The number of aliphatic imine (C=N–C) groups is 1. The minimum atomic E-state index is -2.31. The number of rotatable bonds is 2. The summed E-state index contributed by atoms with van der Waals surface area (Å²) >= 11 is 1.52. The average molecular weight is 208 g/mol. The van der Waals surface area contributed by atoms with Crippen LogP contribution in [0, 0.1) is 5.41 Å². The fourth-order valence-electron chi connectivity index (χ4n) is 0.912. The zero-order chi connectivity index (χ0) is 9.90. The zero-order valence-electron chi connectivity index (χ0n) is 7.81. The Hall–Kier alpha value is -0.320. The van der Waals surface area contributed by atoms with Crippen molar-refractivity contribution in [1.82, 2.24) is 5.32 Å². The van der Waals surface area contributed by atoms with E-state index in [0.717, 1.165) is 5.75 Å². The molecule has 1 heterocycles. The van der Waals surface area contributed by atoms with Gasteiger partial charge in [0.2, 0.25) is 0 Å². The molecule has 1 aliphatic rings. The Labute approximate surface area is 81.2 Å². The summed E-state index contributed by atoms with van der Waals surface area (Å²) in [6.07, 6.45) is -2.31. The van der Waals surface area contributed by atoms with Gasteiger partial charge in [-0.1, -0.05) is 25.6 Å². The summed E-state index contributed by atoms with van der Waals surface area (Å²) in [4.78, 5) is 4.19. The first-order valence-electron chi connectivity index (χ1n) is 4.19. The van der Waals surface area contributed by atoms with Crippen LogP contribution in [0.1, 0.15) is 13.8 Å². The van der Waals surface area contributed by atoms with Crippen molar-refractivity contribution >= 4 is 16.9 Å². The minimum absolute atomic E-state index is 0.195. The average Bonchev–Trinajstić information content (AvgIpc) is 2.02. The summed E-state index contributed by atoms with van der Waals surface area (Å²) in [5.41, 5.74) is 0.195. The van der Waals surface area contributed by atoms with Gasteiger partial charge in [-0.05, 0) is 5.41 Å². The molecule has 1 N–H and O–H groups in total. The Balaban J connectivity index is 2.34. The van der Waals surface area contributed by atoms with Crippen molar-refractivity contribution in [2.24, 2.45) is 10.4 Å². The third kappa shape index (κ3) is 3.93. The highest BCUT2D eigenvalue weighted by molar-refractivity contribution is 8.13. The molecule has 0 aromatic carbocycles. The smallest absolute Gasteiger partial charge is 0.255 e. The largest absolute Gasteiger partial charge is 0.359 e. The van der Waals surface area contributed by atoms with Crippen LogP contribution in [-0.2, 0) is 0 Å². The predicted molar refractivity (Wildman–Crippen MR) is 52.5 cm³/mol. The normalized spacial score (nSPS) is 21.5. The first-order chi connectivity index (χ1) is 5.99. The van der Waals surface area contributed by atoms with Gasteiger partial charge in [0.25, 0.3) is 6.43 Å². The second-order valence-corrected chi connectivity index (χ2v) is 4.81. The summed E-state index contributed by atoms with van der Waals surface area (Å²) in [5, 5.41) is 3.27. The van der Waals surface area contributed by atoms with E-state index in [0.29, 0.717) is 11.7 Å². The maximum atomic E-state index is 11.8. The monoisotopic (exact) mass is 208 g/mol. The number of thioether (sulfide) groups is 1. The van der Waals surface area contributed by atoms with Gasteiger partial charge >= 0.3 is 0 Å². The summed E-state index contributed by atoms with van der Waals surface area (Å²) < 4.78 is 23.6. The van der Waals surface area contributed by atoms with Crippen molar-refractivity contribution in [2.75, 3.05) is 18.8 Å². The lowest BCUT2D eigenvalue weighted by molar-refractivity contribution is 0.152. The Morgan fingerprint density at radius 2 is 2.31 bits per heavy atom. The van der Waals surface area contributed by atoms with E-state index in [9.17, 15) is 8.78 Å². The Morgan fingerprint density at radius 1 is 1.62 bits per heavy atom. The first kappa shape index (κ1) is 10.8. The molecule has 0 fully saturated rings. The predicted octanol–water partition coefficient (Wildman–Crippen LogP) is 1.97. The van der Waals surface area contributed by atoms with Crippen molar-refractivity contribution in [1.29, 1.82) is 0 Å². The lowest BCUT2D eigenvalue weighted by atomic mass is 9.97. The number of nitrogens with one attached hydrogen (secondary N) is 1. The molecular weight excluding hydrogens is 194 g/mol. The Bertz CT molecular complexity index is 204. The highest BCUT2D eigenvalue weighted by atomic mass is 32.2. The fraction of sp³-hybridized carbons (Fsp3) is 0.875. The van der Waals surface area contributed by atoms with Crippen molar-refractivity contribution < 1.29 is 8.78 Å². The molecule has 0 unspecified atom stereocenters. The third-order valence-electron chi connectivity index (χ3n) is 1.66. The number of nitrogens with zero attached hydrogens (tertiary/aromatic N) is 1. The highest BCUT2D eigenvalue weighted by Crippen LogP contribution is 2.26. The molecule has 1 aliphatic heterocycles. The van der Waals surface area contributed by atoms with Crippen molar-refractivity contribution in [3.63, 3.8) is 0 Å². The molecule has 13 heavy (non-hydrogen) atoms. The van der Waals surface area contributed by atoms with Gasteiger partial charge in [-0.2, -0.15) is 0 Å². The standard InChI is InChI=1S/C8H14F2N2S/c1-8(2)4-12-7(13-5-8)11-3-6(9)10/h6H,3-5H2,1-2H3,(H,11,12). The van der Waals surface area contributed by atoms with Crippen LogP contribution in [0.3, 0.4) is 0 Å². The SMILES string of the molecule is CC1(C)CN=C(NCC(F)F)SC1. The van der Waals surface area contributed by atoms with E-state index < -0.39 is 6.43 Å². The van der Waals surface area contributed by atoms with Gasteiger partial charge in [0.05, 0.1) is 6.54 Å². The van der Waals surface area contributed by atoms with E-state index in [4.69, 9.17) is 0 Å². The lowest BCUT2D eigenvalue weighted by Gasteiger charge is -2.27. The van der Waals surface area contributed by atoms with E-state index >= 15 is 0 Å². The number of alkyl halides is 2. The summed E-state index contributed by atoms with van der Waals surface area (Å²) in [5.74, 6) is 0.933. The fourth-order valence-corrected chi connectivity index (χ4v) is 1.87. The molecule has 1 rings (SSSR count). The minimum Gasteiger partial charge on any atom is -0.359 e. The van der Waals surface area contributed by atoms with E-state index in [1.807, 2.05) is 0 Å². The second-order valence-electron chi connectivity index (χ2n) is 3.85. The van der Waals surface area contributed by atoms with Gasteiger partial charge in [0.1, 0.15) is 0 Å². The van der Waals surface area contributed by atoms with E-state index in [-0.39, 0.29) is 12.0 Å². The molecule has 0 aromatic rings. The van der Waals surface area contributed by atoms with Crippen LogP contribution < -0.4 is 5.32 Å². The van der Waals surface area contributed by atoms with Gasteiger partial charge in [-0.3, -0.25) is 4.99 Å². The second kappa shape index (κ2) is 4.26. The van der Waals surface area contributed by atoms with Crippen LogP contribution in [0.4, 0.5) is 8.78 Å². The quantitative estimate of drug-likeness (QED) is 0.750. The molecule has 0 saturated carbocycles. The summed E-state index contributed by atoms with van der Waals surface area (Å²) in [6, 6.07) is 0. The molecule has 0 amide bonds. The zero-order valence-corrected chi connectivity index (χ0v) is 8.63. The molecule has 0 atom stereocenters. The van der Waals surface area contributed by atoms with Gasteiger partial charge in [0, 0.05) is 12.3 Å². The molecular formula is C8H14F2N2S. The topological polar surface area (TPSA) is 24.4 Å². The Kier molecular flexibility index (Phi) is 3.53. The third-order valence-corrected chi connectivity index (χ3v) is 3.13. The molecule has 2 nitrogen and oxygen atoms in total. The molecule has 5 heteroatoms. The van der Waals surface area contributed by atoms with E-state index in [1.54, 1.807) is 0 Å². The van der Waals surface area contributed by atoms with Gasteiger partial charge in [-0.25, -0.2) is 8.78 Å². The van der Waals surface area contributed by atoms with Gasteiger partial charge < -0.3 is 5.32 Å². The van der Waals surface area contributed by atoms with Crippen LogP contribution >= 0.6 is 11.8 Å². The van der Waals surface area contributed by atoms with E-state index in [2.05, 4.69) is 24.2 Å². The lowest BCUT2D eigenvalue weighted by Crippen LogP contribution is -2.33. The van der Waals surface area contributed by atoms with Crippen LogP contribution in [0.2, 0.25) is 0 Å².